The molecule has 0 aromatic heterocycles. The molecule has 7 heteroatoms. The summed E-state index contributed by atoms with van der Waals surface area (Å²) < 4.78 is 25.0. The molecule has 110 valence electrons. The van der Waals surface area contributed by atoms with Gasteiger partial charge in [0.15, 0.2) is 0 Å². The normalized spacial score (nSPS) is 26.6. The van der Waals surface area contributed by atoms with Gasteiger partial charge in [-0.05, 0) is 26.3 Å². The van der Waals surface area contributed by atoms with Crippen molar-refractivity contribution < 1.29 is 8.42 Å². The zero-order valence-electron chi connectivity index (χ0n) is 12.3. The summed E-state index contributed by atoms with van der Waals surface area (Å²) >= 11 is 0. The summed E-state index contributed by atoms with van der Waals surface area (Å²) in [5, 5.41) is 8.86. The quantitative estimate of drug-likeness (QED) is 0.726. The van der Waals surface area contributed by atoms with Crippen molar-refractivity contribution in [1.29, 1.82) is 5.26 Å². The molecule has 2 aliphatic rings. The van der Waals surface area contributed by atoms with Crippen LogP contribution in [-0.4, -0.2) is 54.9 Å². The van der Waals surface area contributed by atoms with E-state index in [9.17, 15) is 8.42 Å². The van der Waals surface area contributed by atoms with Crippen LogP contribution in [0.1, 0.15) is 27.2 Å². The summed E-state index contributed by atoms with van der Waals surface area (Å²) in [6.07, 6.45) is 1.81. The minimum Gasteiger partial charge on any atom is -0.332 e. The average Bonchev–Trinajstić information content (AvgIpc) is 2.77. The monoisotopic (exact) mass is 296 g/mol. The summed E-state index contributed by atoms with van der Waals surface area (Å²) in [6.45, 7) is 6.50. The minimum absolute atomic E-state index is 0.102. The highest BCUT2D eigenvalue weighted by molar-refractivity contribution is 7.88. The number of fused-ring (bicyclic) bond motifs is 1. The number of sulfonamides is 1. The van der Waals surface area contributed by atoms with Gasteiger partial charge in [0.1, 0.15) is 12.4 Å². The summed E-state index contributed by atoms with van der Waals surface area (Å²) in [5.41, 5.74) is 2.34. The third-order valence-electron chi connectivity index (χ3n) is 4.06. The van der Waals surface area contributed by atoms with E-state index in [4.69, 9.17) is 5.26 Å². The van der Waals surface area contributed by atoms with Gasteiger partial charge in [-0.1, -0.05) is 0 Å². The first-order valence-corrected chi connectivity index (χ1v) is 8.46. The second kappa shape index (κ2) is 5.19. The number of amidine groups is 1. The lowest BCUT2D eigenvalue weighted by Crippen LogP contribution is -2.42. The SMILES string of the molecule is CC1=NC(C)C(C)=C2CC(N(CC#N)S(C)(=O)=O)CN12. The van der Waals surface area contributed by atoms with Gasteiger partial charge in [0.2, 0.25) is 10.0 Å². The largest absolute Gasteiger partial charge is 0.332 e. The standard InChI is InChI=1S/C13H20N4O2S/c1-9-10(2)15-11(3)16-8-12(7-13(9)16)17(6-5-14)20(4,18)19/h10,12H,6-8H2,1-4H3. The van der Waals surface area contributed by atoms with Gasteiger partial charge >= 0.3 is 0 Å². The molecule has 0 radical (unpaired) electrons. The summed E-state index contributed by atoms with van der Waals surface area (Å²) in [6, 6.07) is 1.90. The number of hydrogen-bond acceptors (Lipinski definition) is 5. The Morgan fingerprint density at radius 3 is 2.70 bits per heavy atom. The number of nitrogens with zero attached hydrogens (tertiary/aromatic N) is 4. The first-order valence-electron chi connectivity index (χ1n) is 6.61. The highest BCUT2D eigenvalue weighted by Crippen LogP contribution is 2.33. The summed E-state index contributed by atoms with van der Waals surface area (Å²) in [5.74, 6) is 0.922. The van der Waals surface area contributed by atoms with E-state index in [1.54, 1.807) is 0 Å². The predicted molar refractivity (Wildman–Crippen MR) is 77.5 cm³/mol. The summed E-state index contributed by atoms with van der Waals surface area (Å²) in [7, 11) is -3.38. The molecule has 0 amide bonds. The molecular formula is C13H20N4O2S. The molecule has 0 aromatic rings. The Labute approximate surface area is 120 Å². The van der Waals surface area contributed by atoms with Crippen LogP contribution in [0.3, 0.4) is 0 Å². The van der Waals surface area contributed by atoms with E-state index in [2.05, 4.69) is 9.89 Å². The zero-order chi connectivity index (χ0) is 15.1. The number of nitriles is 1. The van der Waals surface area contributed by atoms with Crippen LogP contribution in [0.25, 0.3) is 0 Å². The number of hydrogen-bond donors (Lipinski definition) is 0. The van der Waals surface area contributed by atoms with Crippen LogP contribution in [0, 0.1) is 11.3 Å². The van der Waals surface area contributed by atoms with Gasteiger partial charge < -0.3 is 4.90 Å². The lowest BCUT2D eigenvalue weighted by molar-refractivity contribution is 0.351. The van der Waals surface area contributed by atoms with Crippen LogP contribution in [0.2, 0.25) is 0 Å². The first-order chi connectivity index (χ1) is 9.25. The van der Waals surface area contributed by atoms with Crippen LogP contribution in [0.4, 0.5) is 0 Å². The highest BCUT2D eigenvalue weighted by atomic mass is 32.2. The molecule has 1 saturated heterocycles. The Kier molecular flexibility index (Phi) is 3.89. The van der Waals surface area contributed by atoms with Crippen molar-refractivity contribution in [2.45, 2.75) is 39.3 Å². The van der Waals surface area contributed by atoms with E-state index in [1.807, 2.05) is 26.8 Å². The lowest BCUT2D eigenvalue weighted by Gasteiger charge is -2.29. The Morgan fingerprint density at radius 1 is 1.50 bits per heavy atom. The molecule has 0 spiro atoms. The fourth-order valence-corrected chi connectivity index (χ4v) is 3.86. The van der Waals surface area contributed by atoms with E-state index in [0.29, 0.717) is 13.0 Å². The van der Waals surface area contributed by atoms with Gasteiger partial charge in [0, 0.05) is 24.7 Å². The Bertz CT molecular complexity index is 615. The molecule has 2 aliphatic heterocycles. The second-order valence-corrected chi connectivity index (χ2v) is 7.35. The van der Waals surface area contributed by atoms with Gasteiger partial charge in [0.05, 0.1) is 18.4 Å². The number of aliphatic imine (C=N–C) groups is 1. The fourth-order valence-electron chi connectivity index (χ4n) is 2.89. The van der Waals surface area contributed by atoms with Crippen LogP contribution in [0.15, 0.2) is 16.3 Å². The molecule has 0 aliphatic carbocycles. The Morgan fingerprint density at radius 2 is 2.15 bits per heavy atom. The van der Waals surface area contributed by atoms with Gasteiger partial charge in [-0.3, -0.25) is 4.99 Å². The van der Waals surface area contributed by atoms with Crippen LogP contribution >= 0.6 is 0 Å². The van der Waals surface area contributed by atoms with E-state index >= 15 is 0 Å². The topological polar surface area (TPSA) is 76.8 Å². The van der Waals surface area contributed by atoms with Crippen molar-refractivity contribution in [2.75, 3.05) is 19.3 Å². The van der Waals surface area contributed by atoms with Crippen molar-refractivity contribution in [1.82, 2.24) is 9.21 Å². The molecule has 0 bridgehead atoms. The predicted octanol–water partition coefficient (Wildman–Crippen LogP) is 0.940. The maximum absolute atomic E-state index is 11.9. The van der Waals surface area contributed by atoms with E-state index in [0.717, 1.165) is 17.8 Å². The third-order valence-corrected chi connectivity index (χ3v) is 5.34. The van der Waals surface area contributed by atoms with Crippen LogP contribution in [-0.2, 0) is 10.0 Å². The molecule has 20 heavy (non-hydrogen) atoms. The van der Waals surface area contributed by atoms with E-state index in [-0.39, 0.29) is 18.6 Å². The van der Waals surface area contributed by atoms with Crippen molar-refractivity contribution in [3.05, 3.63) is 11.3 Å². The lowest BCUT2D eigenvalue weighted by atomic mass is 10.0. The van der Waals surface area contributed by atoms with Crippen molar-refractivity contribution >= 4 is 15.9 Å². The zero-order valence-corrected chi connectivity index (χ0v) is 13.1. The minimum atomic E-state index is -3.38. The average molecular weight is 296 g/mol. The van der Waals surface area contributed by atoms with E-state index < -0.39 is 10.0 Å². The Balaban J connectivity index is 2.32. The summed E-state index contributed by atoms with van der Waals surface area (Å²) in [4.78, 5) is 6.64. The van der Waals surface area contributed by atoms with Gasteiger partial charge in [0.25, 0.3) is 0 Å². The smallest absolute Gasteiger partial charge is 0.212 e. The maximum Gasteiger partial charge on any atom is 0.212 e. The molecule has 0 saturated carbocycles. The van der Waals surface area contributed by atoms with Crippen LogP contribution in [0.5, 0.6) is 0 Å². The molecule has 0 aromatic carbocycles. The molecule has 2 unspecified atom stereocenters. The molecule has 2 rings (SSSR count). The van der Waals surface area contributed by atoms with Crippen molar-refractivity contribution in [3.8, 4) is 6.07 Å². The highest BCUT2D eigenvalue weighted by Gasteiger charge is 2.38. The van der Waals surface area contributed by atoms with Gasteiger partial charge in [-0.25, -0.2) is 8.42 Å². The van der Waals surface area contributed by atoms with Crippen LogP contribution < -0.4 is 0 Å². The third kappa shape index (κ3) is 2.58. The number of rotatable bonds is 3. The van der Waals surface area contributed by atoms with Crippen molar-refractivity contribution in [3.63, 3.8) is 0 Å². The maximum atomic E-state index is 11.9. The van der Waals surface area contributed by atoms with Crippen molar-refractivity contribution in [2.24, 2.45) is 4.99 Å². The van der Waals surface area contributed by atoms with Gasteiger partial charge in [-0.15, -0.1) is 0 Å². The van der Waals surface area contributed by atoms with E-state index in [1.165, 1.54) is 9.88 Å². The second-order valence-electron chi connectivity index (χ2n) is 5.42. The first kappa shape index (κ1) is 15.0. The fraction of sp³-hybridized carbons (Fsp3) is 0.692. The molecule has 2 atom stereocenters. The molecule has 2 heterocycles. The molecular weight excluding hydrogens is 276 g/mol. The molecule has 6 nitrogen and oxygen atoms in total. The molecule has 0 N–H and O–H groups in total. The Hall–Kier alpha value is -1.39. The van der Waals surface area contributed by atoms with Gasteiger partial charge in [-0.2, -0.15) is 9.57 Å². The molecule has 1 fully saturated rings.